The molecule has 0 aliphatic heterocycles. The molecule has 1 N–H and O–H groups in total. The van der Waals surface area contributed by atoms with Crippen LogP contribution in [0.15, 0.2) is 18.2 Å². The summed E-state index contributed by atoms with van der Waals surface area (Å²) in [4.78, 5) is 23.8. The number of methoxy groups -OCH3 is 2. The number of rotatable bonds is 7. The number of ether oxygens (including phenoxy) is 3. The van der Waals surface area contributed by atoms with Gasteiger partial charge in [-0.05, 0) is 42.5 Å². The molecule has 6 nitrogen and oxygen atoms in total. The number of amides is 1. The van der Waals surface area contributed by atoms with E-state index in [9.17, 15) is 9.59 Å². The standard InChI is InChI=1S/C20H26ClNO5/c1-13-6-4-5-7-16(13)22-18(23)12-27-19(24)9-8-14-10-15(21)20(26-3)17(11-14)25-2/h8-11,13,16H,4-7,12H2,1-3H3,(H,22,23)/b9-8+/t13-,16-/m0/s1. The minimum Gasteiger partial charge on any atom is -0.493 e. The fraction of sp³-hybridized carbons (Fsp3) is 0.500. The summed E-state index contributed by atoms with van der Waals surface area (Å²) in [7, 11) is 3.00. The maximum Gasteiger partial charge on any atom is 0.331 e. The zero-order valence-corrected chi connectivity index (χ0v) is 16.7. The average Bonchev–Trinajstić information content (AvgIpc) is 2.66. The molecular weight excluding hydrogens is 370 g/mol. The molecule has 1 aromatic carbocycles. The molecule has 1 fully saturated rings. The van der Waals surface area contributed by atoms with E-state index in [4.69, 9.17) is 25.8 Å². The van der Waals surface area contributed by atoms with Crippen LogP contribution in [0, 0.1) is 5.92 Å². The van der Waals surface area contributed by atoms with Crippen molar-refractivity contribution in [3.05, 3.63) is 28.8 Å². The van der Waals surface area contributed by atoms with Gasteiger partial charge >= 0.3 is 5.97 Å². The van der Waals surface area contributed by atoms with Gasteiger partial charge in [-0.3, -0.25) is 4.79 Å². The van der Waals surface area contributed by atoms with Gasteiger partial charge in [0.2, 0.25) is 0 Å². The second-order valence-electron chi connectivity index (χ2n) is 6.62. The molecule has 2 atom stereocenters. The van der Waals surface area contributed by atoms with E-state index in [-0.39, 0.29) is 18.6 Å². The molecule has 1 saturated carbocycles. The largest absolute Gasteiger partial charge is 0.493 e. The Kier molecular flexibility index (Phi) is 7.98. The Hall–Kier alpha value is -2.21. The van der Waals surface area contributed by atoms with Crippen LogP contribution in [-0.2, 0) is 14.3 Å². The summed E-state index contributed by atoms with van der Waals surface area (Å²) in [5.74, 6) is 0.456. The van der Waals surface area contributed by atoms with E-state index in [2.05, 4.69) is 12.2 Å². The minimum atomic E-state index is -0.604. The average molecular weight is 396 g/mol. The summed E-state index contributed by atoms with van der Waals surface area (Å²) in [6.45, 7) is 1.84. The van der Waals surface area contributed by atoms with Crippen molar-refractivity contribution < 1.29 is 23.8 Å². The molecule has 2 rings (SSSR count). The molecule has 1 aromatic rings. The lowest BCUT2D eigenvalue weighted by Crippen LogP contribution is -2.42. The highest BCUT2D eigenvalue weighted by molar-refractivity contribution is 6.32. The van der Waals surface area contributed by atoms with Crippen molar-refractivity contribution in [1.29, 1.82) is 0 Å². The molecular formula is C20H26ClNO5. The van der Waals surface area contributed by atoms with Gasteiger partial charge in [-0.15, -0.1) is 0 Å². The normalized spacial score (nSPS) is 19.6. The van der Waals surface area contributed by atoms with Crippen LogP contribution in [0.3, 0.4) is 0 Å². The van der Waals surface area contributed by atoms with Crippen LogP contribution in [0.2, 0.25) is 5.02 Å². The number of hydrogen-bond donors (Lipinski definition) is 1. The highest BCUT2D eigenvalue weighted by atomic mass is 35.5. The number of nitrogens with one attached hydrogen (secondary N) is 1. The summed E-state index contributed by atoms with van der Waals surface area (Å²) in [5.41, 5.74) is 0.648. The minimum absolute atomic E-state index is 0.161. The third-order valence-corrected chi connectivity index (χ3v) is 4.95. The molecule has 27 heavy (non-hydrogen) atoms. The molecule has 1 aliphatic carbocycles. The fourth-order valence-corrected chi connectivity index (χ4v) is 3.46. The van der Waals surface area contributed by atoms with Crippen LogP contribution < -0.4 is 14.8 Å². The van der Waals surface area contributed by atoms with E-state index in [0.29, 0.717) is 28.0 Å². The summed E-state index contributed by atoms with van der Waals surface area (Å²) in [6, 6.07) is 3.49. The molecule has 0 aromatic heterocycles. The molecule has 1 amide bonds. The van der Waals surface area contributed by atoms with Crippen LogP contribution in [0.1, 0.15) is 38.2 Å². The highest BCUT2D eigenvalue weighted by Crippen LogP contribution is 2.36. The van der Waals surface area contributed by atoms with Crippen molar-refractivity contribution in [1.82, 2.24) is 5.32 Å². The molecule has 7 heteroatoms. The lowest BCUT2D eigenvalue weighted by atomic mass is 9.86. The Balaban J connectivity index is 1.86. The number of carbonyl (C=O) groups excluding carboxylic acids is 2. The zero-order valence-electron chi connectivity index (χ0n) is 15.9. The van der Waals surface area contributed by atoms with Crippen LogP contribution in [0.5, 0.6) is 11.5 Å². The predicted molar refractivity (Wildman–Crippen MR) is 104 cm³/mol. The Bertz CT molecular complexity index is 704. The van der Waals surface area contributed by atoms with Crippen LogP contribution in [-0.4, -0.2) is 38.7 Å². The maximum absolute atomic E-state index is 12.0. The van der Waals surface area contributed by atoms with Gasteiger partial charge in [0.15, 0.2) is 18.1 Å². The van der Waals surface area contributed by atoms with E-state index >= 15 is 0 Å². The molecule has 148 valence electrons. The fourth-order valence-electron chi connectivity index (χ4n) is 3.16. The number of halogens is 1. The second-order valence-corrected chi connectivity index (χ2v) is 7.02. The Labute approximate surface area is 164 Å². The number of esters is 1. The van der Waals surface area contributed by atoms with Crippen molar-refractivity contribution >= 4 is 29.6 Å². The van der Waals surface area contributed by atoms with Crippen molar-refractivity contribution in [2.45, 2.75) is 38.6 Å². The molecule has 0 bridgehead atoms. The van der Waals surface area contributed by atoms with Gasteiger partial charge in [0, 0.05) is 12.1 Å². The van der Waals surface area contributed by atoms with E-state index in [1.807, 2.05) is 0 Å². The number of hydrogen-bond acceptors (Lipinski definition) is 5. The number of carbonyl (C=O) groups is 2. The Morgan fingerprint density at radius 2 is 1.96 bits per heavy atom. The summed E-state index contributed by atoms with van der Waals surface area (Å²) in [6.07, 6.45) is 7.19. The smallest absolute Gasteiger partial charge is 0.331 e. The summed E-state index contributed by atoms with van der Waals surface area (Å²) in [5, 5.41) is 3.31. The zero-order chi connectivity index (χ0) is 19.8. The first-order valence-electron chi connectivity index (χ1n) is 9.00. The van der Waals surface area contributed by atoms with Gasteiger partial charge < -0.3 is 19.5 Å². The molecule has 0 spiro atoms. The third kappa shape index (κ3) is 6.17. The third-order valence-electron chi connectivity index (χ3n) is 4.67. The predicted octanol–water partition coefficient (Wildman–Crippen LogP) is 3.61. The van der Waals surface area contributed by atoms with Crippen molar-refractivity contribution in [3.8, 4) is 11.5 Å². The lowest BCUT2D eigenvalue weighted by Gasteiger charge is -2.29. The molecule has 0 unspecified atom stereocenters. The Morgan fingerprint density at radius 3 is 2.63 bits per heavy atom. The quantitative estimate of drug-likeness (QED) is 0.564. The SMILES string of the molecule is COc1cc(/C=C/C(=O)OCC(=O)N[C@H]2CCCC[C@@H]2C)cc(Cl)c1OC. The monoisotopic (exact) mass is 395 g/mol. The molecule has 0 heterocycles. The van der Waals surface area contributed by atoms with Gasteiger partial charge in [-0.25, -0.2) is 4.79 Å². The highest BCUT2D eigenvalue weighted by Gasteiger charge is 2.22. The molecule has 1 aliphatic rings. The lowest BCUT2D eigenvalue weighted by molar-refractivity contribution is -0.144. The van der Waals surface area contributed by atoms with Gasteiger partial charge in [0.05, 0.1) is 19.2 Å². The van der Waals surface area contributed by atoms with Crippen LogP contribution >= 0.6 is 11.6 Å². The van der Waals surface area contributed by atoms with E-state index < -0.39 is 5.97 Å². The van der Waals surface area contributed by atoms with Gasteiger partial charge in [0.1, 0.15) is 0 Å². The molecule has 0 radical (unpaired) electrons. The first-order chi connectivity index (χ1) is 12.9. The summed E-state index contributed by atoms with van der Waals surface area (Å²) >= 11 is 6.13. The van der Waals surface area contributed by atoms with Crippen LogP contribution in [0.25, 0.3) is 6.08 Å². The topological polar surface area (TPSA) is 73.9 Å². The van der Waals surface area contributed by atoms with Gasteiger partial charge in [-0.1, -0.05) is 31.4 Å². The number of benzene rings is 1. The second kappa shape index (κ2) is 10.2. The van der Waals surface area contributed by atoms with Crippen molar-refractivity contribution in [3.63, 3.8) is 0 Å². The first kappa shape index (κ1) is 21.1. The van der Waals surface area contributed by atoms with Gasteiger partial charge in [0.25, 0.3) is 5.91 Å². The Morgan fingerprint density at radius 1 is 1.22 bits per heavy atom. The van der Waals surface area contributed by atoms with Crippen molar-refractivity contribution in [2.75, 3.05) is 20.8 Å². The van der Waals surface area contributed by atoms with Crippen LogP contribution in [0.4, 0.5) is 0 Å². The van der Waals surface area contributed by atoms with Crippen molar-refractivity contribution in [2.24, 2.45) is 5.92 Å². The molecule has 0 saturated heterocycles. The van der Waals surface area contributed by atoms with E-state index in [1.54, 1.807) is 12.1 Å². The van der Waals surface area contributed by atoms with Gasteiger partial charge in [-0.2, -0.15) is 0 Å². The van der Waals surface area contributed by atoms with E-state index in [1.165, 1.54) is 32.8 Å². The summed E-state index contributed by atoms with van der Waals surface area (Å²) < 4.78 is 15.4. The maximum atomic E-state index is 12.0. The first-order valence-corrected chi connectivity index (χ1v) is 9.38. The van der Waals surface area contributed by atoms with E-state index in [0.717, 1.165) is 19.3 Å².